The fourth-order valence-corrected chi connectivity index (χ4v) is 2.99. The highest BCUT2D eigenvalue weighted by molar-refractivity contribution is 5.93. The second kappa shape index (κ2) is 6.39. The predicted octanol–water partition coefficient (Wildman–Crippen LogP) is 2.04. The van der Waals surface area contributed by atoms with Crippen LogP contribution in [0.15, 0.2) is 50.4 Å². The molecule has 3 aromatic heterocycles. The summed E-state index contributed by atoms with van der Waals surface area (Å²) in [7, 11) is 0. The van der Waals surface area contributed by atoms with Crippen LogP contribution >= 0.6 is 0 Å². The van der Waals surface area contributed by atoms with Gasteiger partial charge in [0.05, 0.1) is 6.26 Å². The molecule has 1 amide bonds. The van der Waals surface area contributed by atoms with Crippen molar-refractivity contribution >= 4 is 5.91 Å². The SMILES string of the molecule is O=C(c1ccc[nH]c1=O)N1CCC(c2nnc(-c3ccco3)o2)CC1. The molecule has 1 N–H and O–H groups in total. The van der Waals surface area contributed by atoms with Gasteiger partial charge >= 0.3 is 0 Å². The average molecular weight is 340 g/mol. The van der Waals surface area contributed by atoms with Crippen molar-refractivity contribution in [1.82, 2.24) is 20.1 Å². The predicted molar refractivity (Wildman–Crippen MR) is 86.9 cm³/mol. The Balaban J connectivity index is 1.43. The highest BCUT2D eigenvalue weighted by Crippen LogP contribution is 2.29. The van der Waals surface area contributed by atoms with Gasteiger partial charge in [-0.05, 0) is 37.1 Å². The van der Waals surface area contributed by atoms with Crippen LogP contribution in [0.3, 0.4) is 0 Å². The first-order valence-electron chi connectivity index (χ1n) is 8.06. The average Bonchev–Trinajstić information content (AvgIpc) is 3.33. The number of aromatic amines is 1. The summed E-state index contributed by atoms with van der Waals surface area (Å²) in [4.78, 5) is 28.4. The molecule has 0 bridgehead atoms. The molecule has 0 unspecified atom stereocenters. The largest absolute Gasteiger partial charge is 0.459 e. The molecule has 0 radical (unpaired) electrons. The molecule has 3 aromatic rings. The summed E-state index contributed by atoms with van der Waals surface area (Å²) in [5.41, 5.74) is -0.200. The Morgan fingerprint density at radius 1 is 1.20 bits per heavy atom. The fraction of sp³-hybridized carbons (Fsp3) is 0.294. The van der Waals surface area contributed by atoms with Gasteiger partial charge in [-0.3, -0.25) is 9.59 Å². The molecule has 4 rings (SSSR count). The van der Waals surface area contributed by atoms with Crippen LogP contribution in [0.4, 0.5) is 0 Å². The van der Waals surface area contributed by atoms with E-state index >= 15 is 0 Å². The number of piperidine rings is 1. The van der Waals surface area contributed by atoms with E-state index in [-0.39, 0.29) is 22.9 Å². The van der Waals surface area contributed by atoms with Gasteiger partial charge in [-0.1, -0.05) is 0 Å². The number of nitrogens with one attached hydrogen (secondary N) is 1. The molecule has 128 valence electrons. The summed E-state index contributed by atoms with van der Waals surface area (Å²) in [6, 6.07) is 6.71. The normalized spacial score (nSPS) is 15.4. The number of carbonyl (C=O) groups excluding carboxylic acids is 1. The zero-order valence-electron chi connectivity index (χ0n) is 13.3. The Morgan fingerprint density at radius 3 is 2.76 bits per heavy atom. The molecule has 25 heavy (non-hydrogen) atoms. The van der Waals surface area contributed by atoms with Crippen LogP contribution in [0.2, 0.25) is 0 Å². The van der Waals surface area contributed by atoms with E-state index in [0.717, 1.165) is 0 Å². The monoisotopic (exact) mass is 340 g/mol. The maximum atomic E-state index is 12.5. The summed E-state index contributed by atoms with van der Waals surface area (Å²) in [6.07, 6.45) is 4.47. The minimum Gasteiger partial charge on any atom is -0.459 e. The highest BCUT2D eigenvalue weighted by Gasteiger charge is 2.29. The van der Waals surface area contributed by atoms with E-state index in [4.69, 9.17) is 8.83 Å². The molecule has 1 saturated heterocycles. The molecule has 1 aliphatic heterocycles. The van der Waals surface area contributed by atoms with Crippen molar-refractivity contribution in [3.05, 3.63) is 58.5 Å². The Labute approximate surface area is 142 Å². The van der Waals surface area contributed by atoms with Crippen molar-refractivity contribution in [2.24, 2.45) is 0 Å². The molecule has 8 nitrogen and oxygen atoms in total. The van der Waals surface area contributed by atoms with Crippen LogP contribution in [0.25, 0.3) is 11.7 Å². The molecule has 1 aliphatic rings. The molecule has 0 atom stereocenters. The third-order valence-electron chi connectivity index (χ3n) is 4.35. The van der Waals surface area contributed by atoms with Gasteiger partial charge in [-0.25, -0.2) is 0 Å². The van der Waals surface area contributed by atoms with Crippen molar-refractivity contribution in [3.63, 3.8) is 0 Å². The number of aromatic nitrogens is 3. The number of rotatable bonds is 3. The number of hydrogen-bond donors (Lipinski definition) is 1. The zero-order valence-corrected chi connectivity index (χ0v) is 13.3. The Hall–Kier alpha value is -3.16. The van der Waals surface area contributed by atoms with Crippen LogP contribution < -0.4 is 5.56 Å². The summed E-state index contributed by atoms with van der Waals surface area (Å²) >= 11 is 0. The van der Waals surface area contributed by atoms with Gasteiger partial charge in [0, 0.05) is 25.2 Å². The number of hydrogen-bond acceptors (Lipinski definition) is 6. The number of nitrogens with zero attached hydrogens (tertiary/aromatic N) is 3. The molecule has 0 aromatic carbocycles. The Bertz CT molecular complexity index is 920. The van der Waals surface area contributed by atoms with E-state index in [1.165, 1.54) is 6.20 Å². The molecule has 0 spiro atoms. The summed E-state index contributed by atoms with van der Waals surface area (Å²) in [5, 5.41) is 8.11. The van der Waals surface area contributed by atoms with Gasteiger partial charge in [0.25, 0.3) is 17.4 Å². The van der Waals surface area contributed by atoms with Crippen LogP contribution in [0, 0.1) is 0 Å². The number of furan rings is 1. The number of carbonyl (C=O) groups is 1. The van der Waals surface area contributed by atoms with Crippen LogP contribution in [0.1, 0.15) is 35.0 Å². The third kappa shape index (κ3) is 2.98. The Kier molecular flexibility index (Phi) is 3.93. The van der Waals surface area contributed by atoms with Gasteiger partial charge in [0.1, 0.15) is 5.56 Å². The van der Waals surface area contributed by atoms with Gasteiger partial charge in [0.15, 0.2) is 5.76 Å². The Morgan fingerprint density at radius 2 is 2.04 bits per heavy atom. The first-order valence-corrected chi connectivity index (χ1v) is 8.06. The number of H-pyrrole nitrogens is 1. The van der Waals surface area contributed by atoms with Crippen molar-refractivity contribution < 1.29 is 13.6 Å². The smallest absolute Gasteiger partial charge is 0.283 e. The lowest BCUT2D eigenvalue weighted by Crippen LogP contribution is -2.40. The molecular formula is C17H16N4O4. The first kappa shape index (κ1) is 15.4. The first-order chi connectivity index (χ1) is 12.2. The number of pyridine rings is 1. The minimum absolute atomic E-state index is 0.0920. The quantitative estimate of drug-likeness (QED) is 0.782. The summed E-state index contributed by atoms with van der Waals surface area (Å²) in [6.45, 7) is 1.08. The molecule has 0 aliphatic carbocycles. The molecular weight excluding hydrogens is 324 g/mol. The second-order valence-electron chi connectivity index (χ2n) is 5.90. The third-order valence-corrected chi connectivity index (χ3v) is 4.35. The number of likely N-dealkylation sites (tertiary alicyclic amines) is 1. The van der Waals surface area contributed by atoms with Gasteiger partial charge in [0.2, 0.25) is 5.89 Å². The molecule has 0 saturated carbocycles. The van der Waals surface area contributed by atoms with E-state index in [1.807, 2.05) is 0 Å². The van der Waals surface area contributed by atoms with E-state index < -0.39 is 0 Å². The van der Waals surface area contributed by atoms with Crippen molar-refractivity contribution in [3.8, 4) is 11.7 Å². The van der Waals surface area contributed by atoms with Crippen LogP contribution in [0.5, 0.6) is 0 Å². The van der Waals surface area contributed by atoms with E-state index in [1.54, 1.807) is 35.4 Å². The summed E-state index contributed by atoms with van der Waals surface area (Å²) in [5.74, 6) is 1.29. The van der Waals surface area contributed by atoms with Crippen LogP contribution in [-0.4, -0.2) is 39.1 Å². The lowest BCUT2D eigenvalue weighted by atomic mass is 9.96. The zero-order chi connectivity index (χ0) is 17.2. The van der Waals surface area contributed by atoms with E-state index in [0.29, 0.717) is 43.5 Å². The standard InChI is InChI=1S/C17H16N4O4/c22-14-12(3-1-7-18-14)17(23)21-8-5-11(6-9-21)15-19-20-16(25-15)13-4-2-10-24-13/h1-4,7,10-11H,5-6,8-9H2,(H,18,22). The molecule has 8 heteroatoms. The maximum Gasteiger partial charge on any atom is 0.283 e. The molecule has 1 fully saturated rings. The summed E-state index contributed by atoms with van der Waals surface area (Å²) < 4.78 is 10.9. The van der Waals surface area contributed by atoms with Gasteiger partial charge in [-0.2, -0.15) is 0 Å². The van der Waals surface area contributed by atoms with Crippen molar-refractivity contribution in [1.29, 1.82) is 0 Å². The topological polar surface area (TPSA) is 105 Å². The minimum atomic E-state index is -0.366. The lowest BCUT2D eigenvalue weighted by molar-refractivity contribution is 0.0704. The number of amides is 1. The van der Waals surface area contributed by atoms with Gasteiger partial charge in [-0.15, -0.1) is 10.2 Å². The van der Waals surface area contributed by atoms with Gasteiger partial charge < -0.3 is 18.7 Å². The van der Waals surface area contributed by atoms with Crippen molar-refractivity contribution in [2.45, 2.75) is 18.8 Å². The van der Waals surface area contributed by atoms with E-state index in [2.05, 4.69) is 15.2 Å². The van der Waals surface area contributed by atoms with Crippen LogP contribution in [-0.2, 0) is 0 Å². The second-order valence-corrected chi connectivity index (χ2v) is 5.90. The molecule has 4 heterocycles. The van der Waals surface area contributed by atoms with Crippen molar-refractivity contribution in [2.75, 3.05) is 13.1 Å². The lowest BCUT2D eigenvalue weighted by Gasteiger charge is -2.30. The maximum absolute atomic E-state index is 12.5. The van der Waals surface area contributed by atoms with E-state index in [9.17, 15) is 9.59 Å². The highest BCUT2D eigenvalue weighted by atomic mass is 16.4. The fourth-order valence-electron chi connectivity index (χ4n) is 2.99.